The van der Waals surface area contributed by atoms with Crippen molar-refractivity contribution in [3.8, 4) is 0 Å². The van der Waals surface area contributed by atoms with Gasteiger partial charge in [0.15, 0.2) is 0 Å². The van der Waals surface area contributed by atoms with Crippen molar-refractivity contribution in [2.45, 2.75) is 46.0 Å². The van der Waals surface area contributed by atoms with Crippen LogP contribution in [0.1, 0.15) is 46.0 Å². The summed E-state index contributed by atoms with van der Waals surface area (Å²) in [6.07, 6.45) is 7.16. The first-order valence-electron chi connectivity index (χ1n) is 5.94. The molecule has 90 valence electrons. The fourth-order valence-corrected chi connectivity index (χ4v) is 1.84. The van der Waals surface area contributed by atoms with E-state index < -0.39 is 5.97 Å². The van der Waals surface area contributed by atoms with E-state index in [0.717, 1.165) is 12.8 Å². The summed E-state index contributed by atoms with van der Waals surface area (Å²) in [7, 11) is 2.23. The van der Waals surface area contributed by atoms with Crippen LogP contribution >= 0.6 is 0 Å². The number of rotatable bonds is 3. The Hall–Kier alpha value is -0.570. The molecule has 1 saturated heterocycles. The second kappa shape index (κ2) is 8.72. The van der Waals surface area contributed by atoms with Gasteiger partial charge in [-0.2, -0.15) is 0 Å². The minimum absolute atomic E-state index is 0.833. The zero-order valence-electron chi connectivity index (χ0n) is 10.3. The van der Waals surface area contributed by atoms with Crippen molar-refractivity contribution in [2.24, 2.45) is 5.92 Å². The topological polar surface area (TPSA) is 40.5 Å². The molecule has 0 amide bonds. The van der Waals surface area contributed by atoms with Crippen LogP contribution in [0.5, 0.6) is 0 Å². The smallest absolute Gasteiger partial charge is 0.300 e. The highest BCUT2D eigenvalue weighted by Crippen LogP contribution is 2.21. The number of hydrogen-bond donors (Lipinski definition) is 1. The van der Waals surface area contributed by atoms with Crippen LogP contribution in [0.2, 0.25) is 0 Å². The zero-order chi connectivity index (χ0) is 11.7. The molecule has 1 aliphatic rings. The number of piperidine rings is 1. The molecule has 1 N–H and O–H groups in total. The molecule has 0 aromatic carbocycles. The van der Waals surface area contributed by atoms with Crippen molar-refractivity contribution in [1.29, 1.82) is 0 Å². The predicted molar refractivity (Wildman–Crippen MR) is 63.1 cm³/mol. The summed E-state index contributed by atoms with van der Waals surface area (Å²) < 4.78 is 0. The molecule has 1 fully saturated rings. The summed E-state index contributed by atoms with van der Waals surface area (Å²) in [6.45, 7) is 6.03. The molecule has 0 aromatic rings. The quantitative estimate of drug-likeness (QED) is 0.786. The van der Waals surface area contributed by atoms with E-state index in [1.54, 1.807) is 0 Å². The minimum Gasteiger partial charge on any atom is -0.481 e. The normalized spacial score (nSPS) is 18.1. The zero-order valence-corrected chi connectivity index (χ0v) is 10.3. The molecule has 0 unspecified atom stereocenters. The van der Waals surface area contributed by atoms with E-state index in [2.05, 4.69) is 18.9 Å². The maximum Gasteiger partial charge on any atom is 0.300 e. The Morgan fingerprint density at radius 2 is 1.87 bits per heavy atom. The van der Waals surface area contributed by atoms with Gasteiger partial charge >= 0.3 is 0 Å². The largest absolute Gasteiger partial charge is 0.481 e. The number of nitrogens with zero attached hydrogens (tertiary/aromatic N) is 1. The van der Waals surface area contributed by atoms with Gasteiger partial charge in [-0.25, -0.2) is 0 Å². The third kappa shape index (κ3) is 9.73. The molecule has 0 bridgehead atoms. The molecule has 1 rings (SSSR count). The molecular weight excluding hydrogens is 190 g/mol. The highest BCUT2D eigenvalue weighted by atomic mass is 16.4. The second-order valence-electron chi connectivity index (χ2n) is 4.41. The molecule has 3 heteroatoms. The van der Waals surface area contributed by atoms with Gasteiger partial charge in [0, 0.05) is 6.92 Å². The Kier molecular flexibility index (Phi) is 8.38. The molecule has 3 nitrogen and oxygen atoms in total. The highest BCUT2D eigenvalue weighted by molar-refractivity contribution is 5.62. The van der Waals surface area contributed by atoms with E-state index in [1.165, 1.54) is 45.2 Å². The van der Waals surface area contributed by atoms with Crippen molar-refractivity contribution in [3.05, 3.63) is 0 Å². The van der Waals surface area contributed by atoms with Crippen LogP contribution in [0.4, 0.5) is 0 Å². The van der Waals surface area contributed by atoms with Crippen LogP contribution in [-0.2, 0) is 4.79 Å². The number of carboxylic acids is 1. The van der Waals surface area contributed by atoms with Gasteiger partial charge in [-0.15, -0.1) is 0 Å². The third-order valence-electron chi connectivity index (χ3n) is 2.80. The van der Waals surface area contributed by atoms with E-state index in [0.29, 0.717) is 0 Å². The first-order valence-corrected chi connectivity index (χ1v) is 5.94. The molecule has 0 spiro atoms. The lowest BCUT2D eigenvalue weighted by Crippen LogP contribution is -2.30. The van der Waals surface area contributed by atoms with Crippen LogP contribution in [0.3, 0.4) is 0 Å². The Morgan fingerprint density at radius 3 is 2.27 bits per heavy atom. The fraction of sp³-hybridized carbons (Fsp3) is 0.917. The average Bonchev–Trinajstić information content (AvgIpc) is 2.16. The number of unbranched alkanes of at least 4 members (excludes halogenated alkanes) is 1. The number of carboxylic acid groups (broad SMARTS) is 1. The summed E-state index contributed by atoms with van der Waals surface area (Å²) >= 11 is 0. The average molecular weight is 215 g/mol. The molecular formula is C12H25NO2. The maximum absolute atomic E-state index is 9.00. The molecule has 1 heterocycles. The Bertz CT molecular complexity index is 156. The van der Waals surface area contributed by atoms with Gasteiger partial charge in [0.1, 0.15) is 0 Å². The molecule has 0 aliphatic carbocycles. The maximum atomic E-state index is 9.00. The highest BCUT2D eigenvalue weighted by Gasteiger charge is 2.15. The van der Waals surface area contributed by atoms with E-state index in [4.69, 9.17) is 9.90 Å². The second-order valence-corrected chi connectivity index (χ2v) is 4.41. The Balaban J connectivity index is 0.000000423. The molecule has 0 radical (unpaired) electrons. The Labute approximate surface area is 93.5 Å². The van der Waals surface area contributed by atoms with E-state index in [9.17, 15) is 0 Å². The van der Waals surface area contributed by atoms with Crippen LogP contribution < -0.4 is 0 Å². The van der Waals surface area contributed by atoms with E-state index >= 15 is 0 Å². The lowest BCUT2D eigenvalue weighted by Gasteiger charge is -2.28. The van der Waals surface area contributed by atoms with Gasteiger partial charge < -0.3 is 10.0 Å². The molecule has 0 aromatic heterocycles. The summed E-state index contributed by atoms with van der Waals surface area (Å²) in [5.41, 5.74) is 0. The van der Waals surface area contributed by atoms with Gasteiger partial charge in [-0.3, -0.25) is 4.79 Å². The lowest BCUT2D eigenvalue weighted by molar-refractivity contribution is -0.134. The molecule has 1 aliphatic heterocycles. The summed E-state index contributed by atoms with van der Waals surface area (Å²) in [5, 5.41) is 7.42. The number of likely N-dealkylation sites (tertiary alicyclic amines) is 1. The van der Waals surface area contributed by atoms with Crippen molar-refractivity contribution in [1.82, 2.24) is 4.90 Å². The number of carbonyl (C=O) groups is 1. The lowest BCUT2D eigenvalue weighted by atomic mass is 9.92. The molecule has 0 atom stereocenters. The van der Waals surface area contributed by atoms with Crippen LogP contribution in [0, 0.1) is 5.92 Å². The first kappa shape index (κ1) is 14.4. The fourth-order valence-electron chi connectivity index (χ4n) is 1.84. The third-order valence-corrected chi connectivity index (χ3v) is 2.80. The van der Waals surface area contributed by atoms with Crippen molar-refractivity contribution >= 4 is 5.97 Å². The van der Waals surface area contributed by atoms with Gasteiger partial charge in [-0.05, 0) is 38.9 Å². The first-order chi connectivity index (χ1) is 7.06. The monoisotopic (exact) mass is 215 g/mol. The van der Waals surface area contributed by atoms with Gasteiger partial charge in [0.25, 0.3) is 5.97 Å². The van der Waals surface area contributed by atoms with Crippen LogP contribution in [0.15, 0.2) is 0 Å². The van der Waals surface area contributed by atoms with E-state index in [-0.39, 0.29) is 0 Å². The summed E-state index contributed by atoms with van der Waals surface area (Å²) in [6, 6.07) is 0. The summed E-state index contributed by atoms with van der Waals surface area (Å²) in [4.78, 5) is 11.4. The van der Waals surface area contributed by atoms with Crippen LogP contribution in [0.25, 0.3) is 0 Å². The molecule has 15 heavy (non-hydrogen) atoms. The van der Waals surface area contributed by atoms with Gasteiger partial charge in [0.05, 0.1) is 0 Å². The number of aliphatic carboxylic acids is 1. The number of hydrogen-bond acceptors (Lipinski definition) is 2. The SMILES string of the molecule is CC(=O)O.CCCCC1CCN(C)CC1. The van der Waals surface area contributed by atoms with Gasteiger partial charge in [-0.1, -0.05) is 26.2 Å². The minimum atomic E-state index is -0.833. The standard InChI is InChI=1S/C10H21N.C2H4O2/c1-3-4-5-10-6-8-11(2)9-7-10;1-2(3)4/h10H,3-9H2,1-2H3;1H3,(H,3,4). The predicted octanol–water partition coefficient (Wildman–Crippen LogP) is 2.61. The van der Waals surface area contributed by atoms with E-state index in [1.807, 2.05) is 0 Å². The molecule has 0 saturated carbocycles. The summed E-state index contributed by atoms with van der Waals surface area (Å²) in [5.74, 6) is 0.214. The van der Waals surface area contributed by atoms with Gasteiger partial charge in [0.2, 0.25) is 0 Å². The Morgan fingerprint density at radius 1 is 1.40 bits per heavy atom. The van der Waals surface area contributed by atoms with Crippen molar-refractivity contribution in [3.63, 3.8) is 0 Å². The van der Waals surface area contributed by atoms with Crippen LogP contribution in [-0.4, -0.2) is 36.1 Å². The van der Waals surface area contributed by atoms with Crippen molar-refractivity contribution < 1.29 is 9.90 Å². The van der Waals surface area contributed by atoms with Crippen molar-refractivity contribution in [2.75, 3.05) is 20.1 Å².